The molecule has 0 bridgehead atoms. The molecule has 1 saturated heterocycles. The van der Waals surface area contributed by atoms with E-state index in [9.17, 15) is 22.8 Å². The summed E-state index contributed by atoms with van der Waals surface area (Å²) in [5.74, 6) is 0.326. The molecule has 0 unspecified atom stereocenters. The highest BCUT2D eigenvalue weighted by Gasteiger charge is 2.27. The highest BCUT2D eigenvalue weighted by atomic mass is 32.2. The summed E-state index contributed by atoms with van der Waals surface area (Å²) in [6, 6.07) is 6.50. The maximum Gasteiger partial charge on any atom is 0.410 e. The quantitative estimate of drug-likeness (QED) is 0.322. The Bertz CT molecular complexity index is 1920. The van der Waals surface area contributed by atoms with E-state index in [0.29, 0.717) is 53.1 Å². The Hall–Kier alpha value is -4.19. The molecular formula is C32H39N5O6S. The molecule has 234 valence electrons. The third-order valence-electron chi connectivity index (χ3n) is 8.08. The number of amides is 1. The number of carbonyl (C=O) groups excluding carboxylic acids is 1. The summed E-state index contributed by atoms with van der Waals surface area (Å²) in [5, 5.41) is 0.625. The van der Waals surface area contributed by atoms with E-state index >= 15 is 0 Å². The van der Waals surface area contributed by atoms with Gasteiger partial charge < -0.3 is 19.2 Å². The van der Waals surface area contributed by atoms with Crippen molar-refractivity contribution in [1.29, 1.82) is 0 Å². The number of benzene rings is 1. The summed E-state index contributed by atoms with van der Waals surface area (Å²) < 4.78 is 34.2. The second kappa shape index (κ2) is 12.1. The van der Waals surface area contributed by atoms with Crippen LogP contribution in [-0.4, -0.2) is 63.0 Å². The number of piperidine rings is 1. The summed E-state index contributed by atoms with van der Waals surface area (Å²) in [4.78, 5) is 47.7. The predicted molar refractivity (Wildman–Crippen MR) is 169 cm³/mol. The number of hydrogen-bond donors (Lipinski definition) is 1. The van der Waals surface area contributed by atoms with Gasteiger partial charge in [0.1, 0.15) is 11.1 Å². The first-order valence-corrected chi connectivity index (χ1v) is 16.5. The fourth-order valence-electron chi connectivity index (χ4n) is 5.63. The van der Waals surface area contributed by atoms with Gasteiger partial charge in [0.05, 0.1) is 28.2 Å². The van der Waals surface area contributed by atoms with E-state index in [2.05, 4.69) is 9.97 Å². The average Bonchev–Trinajstić information content (AvgIpc) is 3.48. The Labute approximate surface area is 256 Å². The Morgan fingerprint density at radius 1 is 1.09 bits per heavy atom. The molecule has 3 aromatic heterocycles. The predicted octanol–water partition coefficient (Wildman–Crippen LogP) is 4.45. The molecule has 1 N–H and O–H groups in total. The zero-order chi connectivity index (χ0) is 31.8. The number of nitrogens with one attached hydrogen (secondary N) is 1. The van der Waals surface area contributed by atoms with Gasteiger partial charge in [0.2, 0.25) is 0 Å². The van der Waals surface area contributed by atoms with Crippen LogP contribution in [0.2, 0.25) is 0 Å². The van der Waals surface area contributed by atoms with Gasteiger partial charge >= 0.3 is 6.09 Å². The van der Waals surface area contributed by atoms with Crippen molar-refractivity contribution < 1.29 is 17.9 Å². The van der Waals surface area contributed by atoms with E-state index in [1.54, 1.807) is 55.7 Å². The van der Waals surface area contributed by atoms with Crippen molar-refractivity contribution in [3.05, 3.63) is 75.5 Å². The standard InChI is InChI=1S/C32H39N5O6S/c1-6-44(41,42)23-9-10-27(25(17-23)26-20-35(5)30(39)29-24(26)11-14-33-29)37-19-22(34-18-28(37)38)8-7-21-12-15-36(16-13-21)31(40)43-32(2,3)4/h9-11,14,17-21,33H,6-8,12-13,15-16H2,1-5H3. The van der Waals surface area contributed by atoms with Crippen molar-refractivity contribution in [2.75, 3.05) is 18.8 Å². The minimum atomic E-state index is -3.55. The highest BCUT2D eigenvalue weighted by Crippen LogP contribution is 2.33. The van der Waals surface area contributed by atoms with Gasteiger partial charge in [-0.15, -0.1) is 0 Å². The van der Waals surface area contributed by atoms with Gasteiger partial charge in [-0.2, -0.15) is 0 Å². The highest BCUT2D eigenvalue weighted by molar-refractivity contribution is 7.91. The van der Waals surface area contributed by atoms with Crippen molar-refractivity contribution in [3.8, 4) is 16.8 Å². The lowest BCUT2D eigenvalue weighted by molar-refractivity contribution is 0.0181. The van der Waals surface area contributed by atoms with Crippen LogP contribution in [0.4, 0.5) is 4.79 Å². The summed E-state index contributed by atoms with van der Waals surface area (Å²) >= 11 is 0. The van der Waals surface area contributed by atoms with Crippen LogP contribution in [0.3, 0.4) is 0 Å². The van der Waals surface area contributed by atoms with Gasteiger partial charge in [-0.3, -0.25) is 19.1 Å². The van der Waals surface area contributed by atoms with E-state index in [0.717, 1.165) is 25.0 Å². The average molecular weight is 622 g/mol. The van der Waals surface area contributed by atoms with Crippen LogP contribution in [0.5, 0.6) is 0 Å². The maximum atomic E-state index is 13.2. The summed E-state index contributed by atoms with van der Waals surface area (Å²) in [7, 11) is -1.92. The van der Waals surface area contributed by atoms with E-state index in [4.69, 9.17) is 4.74 Å². The smallest absolute Gasteiger partial charge is 0.410 e. The number of fused-ring (bicyclic) bond motifs is 1. The SMILES string of the molecule is CCS(=O)(=O)c1ccc(-n2cc(CCC3CCN(C(=O)OC(C)(C)C)CC3)ncc2=O)c(-c2cn(C)c(=O)c3[nH]ccc23)c1. The molecule has 0 atom stereocenters. The van der Waals surface area contributed by atoms with Crippen molar-refractivity contribution in [1.82, 2.24) is 24.0 Å². The number of H-pyrrole nitrogens is 1. The number of pyridine rings is 1. The minimum Gasteiger partial charge on any atom is -0.444 e. The Morgan fingerprint density at radius 3 is 2.50 bits per heavy atom. The van der Waals surface area contributed by atoms with E-state index in [-0.39, 0.29) is 27.9 Å². The minimum absolute atomic E-state index is 0.0747. The molecule has 1 amide bonds. The molecule has 5 rings (SSSR count). The molecule has 0 saturated carbocycles. The molecular weight excluding hydrogens is 582 g/mol. The van der Waals surface area contributed by atoms with Gasteiger partial charge in [0, 0.05) is 55.2 Å². The molecule has 1 aliphatic rings. The zero-order valence-corrected chi connectivity index (χ0v) is 26.6. The van der Waals surface area contributed by atoms with Gasteiger partial charge in [-0.1, -0.05) is 6.92 Å². The molecule has 4 heterocycles. The Balaban J connectivity index is 1.45. The first-order chi connectivity index (χ1) is 20.8. The van der Waals surface area contributed by atoms with E-state index < -0.39 is 15.4 Å². The monoisotopic (exact) mass is 621 g/mol. The lowest BCUT2D eigenvalue weighted by atomic mass is 9.92. The molecule has 0 radical (unpaired) electrons. The van der Waals surface area contributed by atoms with Crippen LogP contribution in [0, 0.1) is 5.92 Å². The number of ether oxygens (including phenoxy) is 1. The molecule has 4 aromatic rings. The summed E-state index contributed by atoms with van der Waals surface area (Å²) in [5.41, 5.74) is 1.62. The number of hydrogen-bond acceptors (Lipinski definition) is 7. The second-order valence-electron chi connectivity index (χ2n) is 12.3. The molecule has 0 aliphatic carbocycles. The van der Waals surface area contributed by atoms with Crippen molar-refractivity contribution in [2.45, 2.75) is 63.9 Å². The fourth-order valence-corrected chi connectivity index (χ4v) is 6.54. The topological polar surface area (TPSA) is 136 Å². The van der Waals surface area contributed by atoms with Crippen molar-refractivity contribution >= 4 is 26.8 Å². The second-order valence-corrected chi connectivity index (χ2v) is 14.6. The summed E-state index contributed by atoms with van der Waals surface area (Å²) in [6.07, 6.45) is 9.23. The number of aryl methyl sites for hydroxylation is 2. The first kappa shape index (κ1) is 31.2. The third-order valence-corrected chi connectivity index (χ3v) is 9.81. The van der Waals surface area contributed by atoms with Gasteiger partial charge in [0.15, 0.2) is 9.84 Å². The normalized spacial score (nSPS) is 14.7. The van der Waals surface area contributed by atoms with Crippen LogP contribution < -0.4 is 11.1 Å². The maximum absolute atomic E-state index is 13.2. The van der Waals surface area contributed by atoms with Gasteiger partial charge in [0.25, 0.3) is 11.1 Å². The Morgan fingerprint density at radius 2 is 1.82 bits per heavy atom. The lowest BCUT2D eigenvalue weighted by Crippen LogP contribution is -2.41. The number of sulfone groups is 1. The molecule has 0 spiro atoms. The van der Waals surface area contributed by atoms with Crippen LogP contribution in [0.15, 0.2) is 63.5 Å². The molecule has 44 heavy (non-hydrogen) atoms. The molecule has 1 aromatic carbocycles. The number of nitrogens with zero attached hydrogens (tertiary/aromatic N) is 4. The molecule has 12 heteroatoms. The third kappa shape index (κ3) is 6.50. The number of rotatable bonds is 7. The fraction of sp³-hybridized carbons (Fsp3) is 0.438. The van der Waals surface area contributed by atoms with Crippen LogP contribution in [-0.2, 0) is 28.0 Å². The number of carbonyl (C=O) groups is 1. The lowest BCUT2D eigenvalue weighted by Gasteiger charge is -2.33. The number of aromatic nitrogens is 4. The van der Waals surface area contributed by atoms with Crippen molar-refractivity contribution in [3.63, 3.8) is 0 Å². The van der Waals surface area contributed by atoms with Crippen LogP contribution >= 0.6 is 0 Å². The Kier molecular flexibility index (Phi) is 8.57. The van der Waals surface area contributed by atoms with Gasteiger partial charge in [-0.05, 0) is 76.6 Å². The zero-order valence-electron chi connectivity index (χ0n) is 25.8. The van der Waals surface area contributed by atoms with E-state index in [1.165, 1.54) is 21.4 Å². The molecule has 1 fully saturated rings. The first-order valence-electron chi connectivity index (χ1n) is 14.9. The van der Waals surface area contributed by atoms with E-state index in [1.807, 2.05) is 20.8 Å². The van der Waals surface area contributed by atoms with Crippen LogP contribution in [0.25, 0.3) is 27.7 Å². The molecule has 11 nitrogen and oxygen atoms in total. The summed E-state index contributed by atoms with van der Waals surface area (Å²) in [6.45, 7) is 8.43. The van der Waals surface area contributed by atoms with Gasteiger partial charge in [-0.25, -0.2) is 13.2 Å². The van der Waals surface area contributed by atoms with Crippen LogP contribution in [0.1, 0.15) is 52.7 Å². The largest absolute Gasteiger partial charge is 0.444 e. The molecule has 1 aliphatic heterocycles. The number of likely N-dealkylation sites (tertiary alicyclic amines) is 1. The van der Waals surface area contributed by atoms with Crippen molar-refractivity contribution in [2.24, 2.45) is 13.0 Å². The number of aromatic amines is 1.